The molecule has 0 atom stereocenters. The van der Waals surface area contributed by atoms with Crippen LogP contribution in [0.4, 0.5) is 0 Å². The summed E-state index contributed by atoms with van der Waals surface area (Å²) in [6.45, 7) is 8.24. The SMILES string of the molecule is Cc1ccc(Cn2nc(C)c(C(=O)OCc3nc(CC(C)C)no3)c2Cl)cc1. The second-order valence-electron chi connectivity index (χ2n) is 7.17. The number of carbonyl (C=O) groups is 1. The zero-order chi connectivity index (χ0) is 20.3. The summed E-state index contributed by atoms with van der Waals surface area (Å²) in [5.74, 6) is 0.695. The fraction of sp³-hybridized carbons (Fsp3) is 0.400. The standard InChI is InChI=1S/C20H23ClN4O3/c1-12(2)9-16-22-17(28-24-16)11-27-20(26)18-14(4)23-25(19(18)21)10-15-7-5-13(3)6-8-15/h5-8,12H,9-11H2,1-4H3. The summed E-state index contributed by atoms with van der Waals surface area (Å²) >= 11 is 6.40. The van der Waals surface area contributed by atoms with Crippen molar-refractivity contribution < 1.29 is 14.1 Å². The van der Waals surface area contributed by atoms with E-state index in [0.29, 0.717) is 30.4 Å². The van der Waals surface area contributed by atoms with E-state index < -0.39 is 5.97 Å². The van der Waals surface area contributed by atoms with E-state index in [1.54, 1.807) is 11.6 Å². The van der Waals surface area contributed by atoms with Crippen molar-refractivity contribution in [2.75, 3.05) is 0 Å². The van der Waals surface area contributed by atoms with E-state index in [9.17, 15) is 4.79 Å². The Bertz CT molecular complexity index is 960. The van der Waals surface area contributed by atoms with Gasteiger partial charge in [-0.3, -0.25) is 0 Å². The molecule has 0 spiro atoms. The average molecular weight is 403 g/mol. The smallest absolute Gasteiger partial charge is 0.343 e. The number of esters is 1. The van der Waals surface area contributed by atoms with Crippen molar-refractivity contribution in [3.05, 3.63) is 63.5 Å². The summed E-state index contributed by atoms with van der Waals surface area (Å²) < 4.78 is 12.0. The van der Waals surface area contributed by atoms with E-state index in [1.165, 1.54) is 5.56 Å². The first kappa shape index (κ1) is 20.1. The molecule has 1 aromatic carbocycles. The van der Waals surface area contributed by atoms with Crippen LogP contribution >= 0.6 is 11.6 Å². The number of rotatable bonds is 7. The van der Waals surface area contributed by atoms with Gasteiger partial charge in [-0.25, -0.2) is 9.48 Å². The van der Waals surface area contributed by atoms with E-state index >= 15 is 0 Å². The van der Waals surface area contributed by atoms with Gasteiger partial charge in [0, 0.05) is 6.42 Å². The Balaban J connectivity index is 1.67. The normalized spacial score (nSPS) is 11.2. The lowest BCUT2D eigenvalue weighted by Gasteiger charge is -2.05. The fourth-order valence-electron chi connectivity index (χ4n) is 2.75. The molecule has 0 aliphatic carbocycles. The largest absolute Gasteiger partial charge is 0.452 e. The Morgan fingerprint density at radius 1 is 1.25 bits per heavy atom. The molecular weight excluding hydrogens is 380 g/mol. The molecule has 7 nitrogen and oxygen atoms in total. The van der Waals surface area contributed by atoms with Gasteiger partial charge in [-0.15, -0.1) is 0 Å². The van der Waals surface area contributed by atoms with Gasteiger partial charge in [0.2, 0.25) is 0 Å². The van der Waals surface area contributed by atoms with Crippen LogP contribution in [0.25, 0.3) is 0 Å². The molecule has 28 heavy (non-hydrogen) atoms. The van der Waals surface area contributed by atoms with Gasteiger partial charge in [-0.1, -0.05) is 60.4 Å². The summed E-state index contributed by atoms with van der Waals surface area (Å²) in [7, 11) is 0. The van der Waals surface area contributed by atoms with Crippen LogP contribution in [-0.4, -0.2) is 25.9 Å². The van der Waals surface area contributed by atoms with Gasteiger partial charge in [0.05, 0.1) is 12.2 Å². The second kappa shape index (κ2) is 8.56. The third-order valence-electron chi connectivity index (χ3n) is 4.15. The summed E-state index contributed by atoms with van der Waals surface area (Å²) in [6, 6.07) is 8.05. The van der Waals surface area contributed by atoms with Crippen molar-refractivity contribution in [1.29, 1.82) is 0 Å². The molecule has 0 N–H and O–H groups in total. The van der Waals surface area contributed by atoms with Crippen molar-refractivity contribution in [3.63, 3.8) is 0 Å². The monoisotopic (exact) mass is 402 g/mol. The first-order valence-electron chi connectivity index (χ1n) is 9.10. The Kier molecular flexibility index (Phi) is 6.14. The van der Waals surface area contributed by atoms with Crippen LogP contribution in [0.5, 0.6) is 0 Å². The molecule has 0 bridgehead atoms. The lowest BCUT2D eigenvalue weighted by atomic mass is 10.1. The van der Waals surface area contributed by atoms with Crippen LogP contribution in [0.1, 0.15) is 52.7 Å². The highest BCUT2D eigenvalue weighted by Crippen LogP contribution is 2.22. The predicted molar refractivity (Wildman–Crippen MR) is 104 cm³/mol. The summed E-state index contributed by atoms with van der Waals surface area (Å²) in [5, 5.41) is 8.50. The molecule has 0 saturated carbocycles. The minimum Gasteiger partial charge on any atom is -0.452 e. The zero-order valence-electron chi connectivity index (χ0n) is 16.4. The minimum atomic E-state index is -0.568. The van der Waals surface area contributed by atoms with Crippen LogP contribution in [0, 0.1) is 19.8 Å². The highest BCUT2D eigenvalue weighted by molar-refractivity contribution is 6.32. The van der Waals surface area contributed by atoms with E-state index in [0.717, 1.165) is 5.56 Å². The van der Waals surface area contributed by atoms with Crippen LogP contribution in [0.2, 0.25) is 5.15 Å². The predicted octanol–water partition coefficient (Wildman–Crippen LogP) is 4.14. The topological polar surface area (TPSA) is 83.0 Å². The quantitative estimate of drug-likeness (QED) is 0.552. The Hall–Kier alpha value is -2.67. The molecule has 8 heteroatoms. The zero-order valence-corrected chi connectivity index (χ0v) is 17.2. The molecule has 148 valence electrons. The molecule has 2 aromatic heterocycles. The van der Waals surface area contributed by atoms with Gasteiger partial charge in [0.25, 0.3) is 5.89 Å². The van der Waals surface area contributed by atoms with Crippen LogP contribution in [-0.2, 0) is 24.3 Å². The molecule has 0 saturated heterocycles. The van der Waals surface area contributed by atoms with E-state index in [2.05, 4.69) is 29.1 Å². The lowest BCUT2D eigenvalue weighted by Crippen LogP contribution is -2.07. The third-order valence-corrected chi connectivity index (χ3v) is 4.53. The number of carbonyl (C=O) groups excluding carboxylic acids is 1. The highest BCUT2D eigenvalue weighted by Gasteiger charge is 2.22. The number of nitrogens with zero attached hydrogens (tertiary/aromatic N) is 4. The molecule has 0 aliphatic rings. The Morgan fingerprint density at radius 3 is 2.64 bits per heavy atom. The van der Waals surface area contributed by atoms with Gasteiger partial charge in [-0.05, 0) is 25.3 Å². The molecule has 2 heterocycles. The van der Waals surface area contributed by atoms with Crippen molar-refractivity contribution in [1.82, 2.24) is 19.9 Å². The number of aromatic nitrogens is 4. The number of benzene rings is 1. The number of aryl methyl sites for hydroxylation is 2. The highest BCUT2D eigenvalue weighted by atomic mass is 35.5. The van der Waals surface area contributed by atoms with Crippen molar-refractivity contribution in [3.8, 4) is 0 Å². The second-order valence-corrected chi connectivity index (χ2v) is 7.53. The minimum absolute atomic E-state index is 0.108. The molecule has 3 rings (SSSR count). The van der Waals surface area contributed by atoms with Crippen LogP contribution in [0.15, 0.2) is 28.8 Å². The van der Waals surface area contributed by atoms with Crippen LogP contribution in [0.3, 0.4) is 0 Å². The molecule has 0 fully saturated rings. The molecule has 0 aliphatic heterocycles. The summed E-state index contributed by atoms with van der Waals surface area (Å²) in [4.78, 5) is 16.7. The van der Waals surface area contributed by atoms with Crippen LogP contribution < -0.4 is 0 Å². The van der Waals surface area contributed by atoms with E-state index in [4.69, 9.17) is 20.9 Å². The van der Waals surface area contributed by atoms with Crippen molar-refractivity contribution in [2.24, 2.45) is 5.92 Å². The molecule has 0 unspecified atom stereocenters. The first-order chi connectivity index (χ1) is 13.3. The van der Waals surface area contributed by atoms with Gasteiger partial charge in [0.1, 0.15) is 10.7 Å². The molecule has 0 amide bonds. The number of ether oxygens (including phenoxy) is 1. The molecular formula is C20H23ClN4O3. The fourth-order valence-corrected chi connectivity index (χ4v) is 3.06. The maximum Gasteiger partial charge on any atom is 0.343 e. The summed E-state index contributed by atoms with van der Waals surface area (Å²) in [6.07, 6.45) is 0.703. The number of hydrogen-bond acceptors (Lipinski definition) is 6. The van der Waals surface area contributed by atoms with Crippen molar-refractivity contribution in [2.45, 2.75) is 47.3 Å². The first-order valence-corrected chi connectivity index (χ1v) is 9.48. The van der Waals surface area contributed by atoms with Gasteiger partial charge in [-0.2, -0.15) is 10.1 Å². The Morgan fingerprint density at radius 2 is 1.96 bits per heavy atom. The van der Waals surface area contributed by atoms with Crippen molar-refractivity contribution >= 4 is 17.6 Å². The third kappa shape index (κ3) is 4.78. The summed E-state index contributed by atoms with van der Waals surface area (Å²) in [5.41, 5.74) is 2.97. The van der Waals surface area contributed by atoms with Gasteiger partial charge in [0.15, 0.2) is 12.4 Å². The molecule has 0 radical (unpaired) electrons. The number of hydrogen-bond donors (Lipinski definition) is 0. The van der Waals surface area contributed by atoms with E-state index in [1.807, 2.05) is 31.2 Å². The van der Waals surface area contributed by atoms with Gasteiger partial charge < -0.3 is 9.26 Å². The lowest BCUT2D eigenvalue weighted by molar-refractivity contribution is 0.0429. The molecule has 3 aromatic rings. The average Bonchev–Trinajstić information content (AvgIpc) is 3.18. The maximum atomic E-state index is 12.5. The van der Waals surface area contributed by atoms with E-state index in [-0.39, 0.29) is 23.2 Å². The maximum absolute atomic E-state index is 12.5. The Labute approximate surface area is 168 Å². The number of halogens is 1. The van der Waals surface area contributed by atoms with Gasteiger partial charge >= 0.3 is 5.97 Å².